The Morgan fingerprint density at radius 2 is 1.75 bits per heavy atom. The minimum atomic E-state index is -1.41. The van der Waals surface area contributed by atoms with Gasteiger partial charge in [-0.05, 0) is 68.4 Å². The molecule has 7 rings (SSSR count). The number of pyridine rings is 1. The molecule has 2 aliphatic carbocycles. The predicted octanol–water partition coefficient (Wildman–Crippen LogP) is 4.82. The molecular weight excluding hydrogens is 807 g/mol. The number of amides is 3. The van der Waals surface area contributed by atoms with Gasteiger partial charge in [0.1, 0.15) is 53.8 Å². The summed E-state index contributed by atoms with van der Waals surface area (Å²) in [6, 6.07) is 7.30. The fraction of sp³-hybridized carbons (Fsp3) is 0.652. The van der Waals surface area contributed by atoms with E-state index in [0.717, 1.165) is 45.6 Å². The predicted molar refractivity (Wildman–Crippen MR) is 238 cm³/mol. The second-order valence-corrected chi connectivity index (χ2v) is 19.5. The van der Waals surface area contributed by atoms with Crippen LogP contribution in [0.25, 0.3) is 16.7 Å². The number of nitrogens with one attached hydrogen (secondary N) is 4. The normalized spacial score (nSPS) is 26.7. The van der Waals surface area contributed by atoms with E-state index in [1.807, 2.05) is 72.0 Å². The first-order valence-corrected chi connectivity index (χ1v) is 22.8. The summed E-state index contributed by atoms with van der Waals surface area (Å²) in [7, 11) is 0. The zero-order chi connectivity index (χ0) is 45.2. The number of aliphatic carboxylic acids is 1. The van der Waals surface area contributed by atoms with Crippen molar-refractivity contribution in [1.29, 1.82) is 0 Å². The number of nitrogens with zero attached hydrogens (tertiary/aromatic N) is 5. The van der Waals surface area contributed by atoms with Crippen LogP contribution in [-0.2, 0) is 19.1 Å². The Labute approximate surface area is 370 Å². The van der Waals surface area contributed by atoms with Crippen LogP contribution in [0.1, 0.15) is 87.5 Å². The van der Waals surface area contributed by atoms with Gasteiger partial charge in [-0.25, -0.2) is 19.3 Å². The fourth-order valence-electron chi connectivity index (χ4n) is 9.27. The molecule has 3 unspecified atom stereocenters. The highest BCUT2D eigenvalue weighted by Gasteiger charge is 2.61. The third-order valence-corrected chi connectivity index (χ3v) is 13.2. The van der Waals surface area contributed by atoms with Crippen LogP contribution in [0.3, 0.4) is 0 Å². The SMILES string of the molecule is CCC1C[C@]1(NC(=O)C1C[C@@H](Oc2cc(-n3ccc(NC(C)C)n3)nc3cc(OCCN4CCNCC4)ccc23)CN1C(=O)[C@@H](NC(=O)OC1C[C@@H](C)[C@@H](C)C1)C(C)(C)C)C(=O)O. The Morgan fingerprint density at radius 3 is 2.40 bits per heavy atom. The molecule has 2 saturated heterocycles. The molecule has 1 aromatic carbocycles. The lowest BCUT2D eigenvalue weighted by atomic mass is 9.85. The lowest BCUT2D eigenvalue weighted by Crippen LogP contribution is -2.59. The van der Waals surface area contributed by atoms with E-state index in [1.165, 1.54) is 4.90 Å². The lowest BCUT2D eigenvalue weighted by molar-refractivity contribution is -0.146. The average Bonchev–Trinajstić information content (AvgIpc) is 3.46. The molecule has 2 aromatic heterocycles. The van der Waals surface area contributed by atoms with Gasteiger partial charge in [-0.2, -0.15) is 0 Å². The smallest absolute Gasteiger partial charge is 0.408 e. The van der Waals surface area contributed by atoms with Crippen LogP contribution in [0.4, 0.5) is 10.6 Å². The van der Waals surface area contributed by atoms with Crippen LogP contribution in [0.2, 0.25) is 0 Å². The van der Waals surface area contributed by atoms with E-state index in [9.17, 15) is 24.3 Å². The monoisotopic (exact) mass is 874 g/mol. The first-order valence-electron chi connectivity index (χ1n) is 22.8. The molecule has 17 nitrogen and oxygen atoms in total. The summed E-state index contributed by atoms with van der Waals surface area (Å²) >= 11 is 0. The van der Waals surface area contributed by atoms with Crippen LogP contribution in [0, 0.1) is 23.2 Å². The summed E-state index contributed by atoms with van der Waals surface area (Å²) in [6.07, 6.45) is 2.59. The molecule has 344 valence electrons. The van der Waals surface area contributed by atoms with E-state index in [0.29, 0.717) is 65.3 Å². The molecule has 63 heavy (non-hydrogen) atoms. The van der Waals surface area contributed by atoms with Crippen molar-refractivity contribution in [2.45, 2.75) is 123 Å². The number of carbonyl (C=O) groups excluding carboxylic acids is 3. The van der Waals surface area contributed by atoms with Gasteiger partial charge < -0.3 is 45.5 Å². The highest BCUT2D eigenvalue weighted by molar-refractivity contribution is 5.96. The number of carboxylic acid groups (broad SMARTS) is 1. The molecule has 2 aliphatic heterocycles. The number of fused-ring (bicyclic) bond motifs is 1. The lowest BCUT2D eigenvalue weighted by Gasteiger charge is -2.35. The molecular formula is C46H67N9O8. The fourth-order valence-corrected chi connectivity index (χ4v) is 9.27. The standard InChI is InChI=1S/C46H67N9O8/c1-9-30-25-46(30,43(58)59)51-41(56)36-23-33(26-54(36)42(57)40(45(6,7)8)50-44(60)63-32-20-28(4)29(5)21-32)62-37-24-39(55-15-12-38(52-55)48-27(2)3)49-35-22-31(10-11-34(35)37)61-19-18-53-16-13-47-14-17-53/h10-12,15,22,24,27-30,32-33,36,40,47H,9,13-14,16-21,23,25-26H2,1-8H3,(H,48,52)(H,50,60)(H,51,56)(H,58,59)/t28-,29+,30?,32?,33-,36?,40-,46-/m1/s1. The molecule has 0 radical (unpaired) electrons. The molecule has 4 aliphatic rings. The van der Waals surface area contributed by atoms with Gasteiger partial charge in [0.2, 0.25) is 11.8 Å². The molecule has 2 saturated carbocycles. The molecule has 4 heterocycles. The Hall–Kier alpha value is -5.16. The summed E-state index contributed by atoms with van der Waals surface area (Å²) in [5.41, 5.74) is -1.60. The van der Waals surface area contributed by atoms with Crippen LogP contribution in [0.5, 0.6) is 11.5 Å². The van der Waals surface area contributed by atoms with Crippen LogP contribution in [0.15, 0.2) is 36.5 Å². The number of carbonyl (C=O) groups is 4. The highest BCUT2D eigenvalue weighted by Crippen LogP contribution is 2.46. The largest absolute Gasteiger partial charge is 0.492 e. The zero-order valence-electron chi connectivity index (χ0n) is 38.1. The number of likely N-dealkylation sites (tertiary alicyclic amines) is 1. The van der Waals surface area contributed by atoms with Crippen molar-refractivity contribution >= 4 is 40.6 Å². The first-order chi connectivity index (χ1) is 29.9. The molecule has 0 bridgehead atoms. The van der Waals surface area contributed by atoms with E-state index in [2.05, 4.69) is 40.0 Å². The van der Waals surface area contributed by atoms with E-state index in [1.54, 1.807) is 10.7 Å². The second kappa shape index (κ2) is 18.9. The van der Waals surface area contributed by atoms with Gasteiger partial charge >= 0.3 is 12.1 Å². The Morgan fingerprint density at radius 1 is 1.02 bits per heavy atom. The summed E-state index contributed by atoms with van der Waals surface area (Å²) in [5, 5.41) is 28.0. The highest BCUT2D eigenvalue weighted by atomic mass is 16.6. The van der Waals surface area contributed by atoms with Gasteiger partial charge in [-0.3, -0.25) is 14.5 Å². The van der Waals surface area contributed by atoms with Gasteiger partial charge in [0.05, 0.1) is 12.1 Å². The van der Waals surface area contributed by atoms with Gasteiger partial charge in [-0.1, -0.05) is 48.0 Å². The molecule has 3 amide bonds. The number of anilines is 1. The van der Waals surface area contributed by atoms with Crippen molar-refractivity contribution in [2.75, 3.05) is 51.2 Å². The quantitative estimate of drug-likeness (QED) is 0.131. The van der Waals surface area contributed by atoms with Crippen LogP contribution < -0.4 is 30.7 Å². The Bertz CT molecular complexity index is 2120. The van der Waals surface area contributed by atoms with Crippen molar-refractivity contribution < 1.29 is 38.5 Å². The number of hydrogen-bond acceptors (Lipinski definition) is 12. The van der Waals surface area contributed by atoms with Crippen LogP contribution >= 0.6 is 0 Å². The summed E-state index contributed by atoms with van der Waals surface area (Å²) in [4.78, 5) is 63.9. The van der Waals surface area contributed by atoms with E-state index >= 15 is 0 Å². The number of alkyl carbamates (subject to hydrolysis) is 1. The van der Waals surface area contributed by atoms with Crippen molar-refractivity contribution in [1.82, 2.24) is 40.5 Å². The maximum atomic E-state index is 14.8. The van der Waals surface area contributed by atoms with Crippen molar-refractivity contribution in [3.63, 3.8) is 0 Å². The maximum Gasteiger partial charge on any atom is 0.408 e. The molecule has 4 fully saturated rings. The number of piperazine rings is 1. The number of aromatic nitrogens is 3. The Balaban J connectivity index is 1.18. The van der Waals surface area contributed by atoms with E-state index in [4.69, 9.17) is 24.3 Å². The number of benzene rings is 1. The third-order valence-electron chi connectivity index (χ3n) is 13.2. The number of hydrogen-bond donors (Lipinski definition) is 5. The number of ether oxygens (including phenoxy) is 3. The first kappa shape index (κ1) is 45.9. The summed E-state index contributed by atoms with van der Waals surface area (Å²) in [5.74, 6) is 0.683. The molecule has 8 atom stereocenters. The van der Waals surface area contributed by atoms with Crippen molar-refractivity contribution in [3.05, 3.63) is 36.5 Å². The van der Waals surface area contributed by atoms with Gasteiger partial charge in [-0.15, -0.1) is 5.10 Å². The number of carboxylic acids is 1. The summed E-state index contributed by atoms with van der Waals surface area (Å²) in [6.45, 7) is 20.9. The van der Waals surface area contributed by atoms with E-state index in [-0.39, 0.29) is 31.0 Å². The number of rotatable bonds is 16. The van der Waals surface area contributed by atoms with E-state index < -0.39 is 53.0 Å². The molecule has 0 spiro atoms. The van der Waals surface area contributed by atoms with Crippen molar-refractivity contribution in [2.24, 2.45) is 23.2 Å². The average molecular weight is 874 g/mol. The maximum absolute atomic E-state index is 14.8. The molecule has 17 heteroatoms. The topological polar surface area (TPSA) is 202 Å². The van der Waals surface area contributed by atoms with Gasteiger partial charge in [0.25, 0.3) is 0 Å². The minimum Gasteiger partial charge on any atom is -0.492 e. The van der Waals surface area contributed by atoms with Gasteiger partial charge in [0, 0.05) is 75.0 Å². The molecule has 3 aromatic rings. The van der Waals surface area contributed by atoms with Crippen molar-refractivity contribution in [3.8, 4) is 17.3 Å². The second-order valence-electron chi connectivity index (χ2n) is 19.5. The molecule has 5 N–H and O–H groups in total. The Kier molecular flexibility index (Phi) is 13.8. The third kappa shape index (κ3) is 10.6. The van der Waals surface area contributed by atoms with Gasteiger partial charge in [0.15, 0.2) is 5.82 Å². The van der Waals surface area contributed by atoms with Crippen LogP contribution in [-0.4, -0.2) is 135 Å². The minimum absolute atomic E-state index is 0.00818. The summed E-state index contributed by atoms with van der Waals surface area (Å²) < 4.78 is 20.5. The zero-order valence-corrected chi connectivity index (χ0v) is 38.1.